The van der Waals surface area contributed by atoms with Crippen molar-refractivity contribution in [3.63, 3.8) is 0 Å². The zero-order valence-corrected chi connectivity index (χ0v) is 14.4. The molecule has 1 amide bonds. The Morgan fingerprint density at radius 1 is 1.08 bits per heavy atom. The molecule has 0 spiro atoms. The van der Waals surface area contributed by atoms with E-state index in [4.69, 9.17) is 0 Å². The molecule has 0 radical (unpaired) electrons. The SMILES string of the molecule is O=C(O)c1ccccc1CC1CCN(C(=O)C2CC3C=CC2C3)CC1. The van der Waals surface area contributed by atoms with E-state index in [1.807, 2.05) is 12.1 Å². The normalized spacial score (nSPS) is 28.5. The quantitative estimate of drug-likeness (QED) is 0.856. The molecule has 2 bridgehead atoms. The van der Waals surface area contributed by atoms with Gasteiger partial charge in [-0.3, -0.25) is 4.79 Å². The van der Waals surface area contributed by atoms with Gasteiger partial charge in [-0.05, 0) is 61.5 Å². The predicted octanol–water partition coefficient (Wildman–Crippen LogP) is 3.38. The number of fused-ring (bicyclic) bond motifs is 2. The van der Waals surface area contributed by atoms with E-state index < -0.39 is 5.97 Å². The molecule has 1 aromatic rings. The molecule has 1 saturated carbocycles. The molecular weight excluding hydrogens is 314 g/mol. The van der Waals surface area contributed by atoms with Crippen LogP contribution in [-0.2, 0) is 11.2 Å². The highest BCUT2D eigenvalue weighted by atomic mass is 16.4. The number of aromatic carboxylic acids is 1. The second-order valence-electron chi connectivity index (χ2n) is 7.82. The van der Waals surface area contributed by atoms with Crippen molar-refractivity contribution in [1.29, 1.82) is 0 Å². The van der Waals surface area contributed by atoms with Gasteiger partial charge in [-0.1, -0.05) is 30.4 Å². The Kier molecular flexibility index (Phi) is 4.36. The van der Waals surface area contributed by atoms with Gasteiger partial charge in [0.1, 0.15) is 0 Å². The first-order valence-electron chi connectivity index (χ1n) is 9.40. The van der Waals surface area contributed by atoms with E-state index in [-0.39, 0.29) is 5.92 Å². The summed E-state index contributed by atoms with van der Waals surface area (Å²) in [5.74, 6) is 1.26. The average Bonchev–Trinajstić information content (AvgIpc) is 3.25. The lowest BCUT2D eigenvalue weighted by atomic mass is 9.87. The minimum Gasteiger partial charge on any atom is -0.478 e. The van der Waals surface area contributed by atoms with E-state index in [0.717, 1.165) is 44.3 Å². The molecule has 0 aromatic heterocycles. The molecule has 1 N–H and O–H groups in total. The van der Waals surface area contributed by atoms with Crippen molar-refractivity contribution in [3.05, 3.63) is 47.5 Å². The molecule has 132 valence electrons. The predicted molar refractivity (Wildman–Crippen MR) is 95.3 cm³/mol. The summed E-state index contributed by atoms with van der Waals surface area (Å²) in [6.45, 7) is 1.63. The summed E-state index contributed by atoms with van der Waals surface area (Å²) >= 11 is 0. The van der Waals surface area contributed by atoms with E-state index in [2.05, 4.69) is 17.1 Å². The first-order valence-corrected chi connectivity index (χ1v) is 9.40. The fourth-order valence-corrected chi connectivity index (χ4v) is 4.87. The number of carbonyl (C=O) groups is 2. The molecule has 1 saturated heterocycles. The van der Waals surface area contributed by atoms with E-state index >= 15 is 0 Å². The van der Waals surface area contributed by atoms with Crippen LogP contribution in [0.5, 0.6) is 0 Å². The summed E-state index contributed by atoms with van der Waals surface area (Å²) in [6, 6.07) is 7.28. The van der Waals surface area contributed by atoms with Crippen LogP contribution in [0.15, 0.2) is 36.4 Å². The lowest BCUT2D eigenvalue weighted by Gasteiger charge is -2.35. The van der Waals surface area contributed by atoms with Crippen molar-refractivity contribution in [3.8, 4) is 0 Å². The summed E-state index contributed by atoms with van der Waals surface area (Å²) in [5.41, 5.74) is 1.33. The van der Waals surface area contributed by atoms with Gasteiger partial charge in [-0.2, -0.15) is 0 Å². The van der Waals surface area contributed by atoms with Gasteiger partial charge in [0.15, 0.2) is 0 Å². The molecule has 3 atom stereocenters. The second-order valence-corrected chi connectivity index (χ2v) is 7.82. The van der Waals surface area contributed by atoms with Crippen molar-refractivity contribution in [2.75, 3.05) is 13.1 Å². The molecule has 3 aliphatic rings. The largest absolute Gasteiger partial charge is 0.478 e. The highest BCUT2D eigenvalue weighted by molar-refractivity contribution is 5.89. The van der Waals surface area contributed by atoms with E-state index in [1.165, 1.54) is 6.42 Å². The number of carbonyl (C=O) groups excluding carboxylic acids is 1. The lowest BCUT2D eigenvalue weighted by Crippen LogP contribution is -2.43. The van der Waals surface area contributed by atoms with Crippen LogP contribution in [0, 0.1) is 23.7 Å². The molecule has 1 aromatic carbocycles. The summed E-state index contributed by atoms with van der Waals surface area (Å²) in [4.78, 5) is 26.2. The fraction of sp³-hybridized carbons (Fsp3) is 0.524. The molecule has 3 unspecified atom stereocenters. The summed E-state index contributed by atoms with van der Waals surface area (Å²) < 4.78 is 0. The number of hydrogen-bond acceptors (Lipinski definition) is 2. The molecule has 4 heteroatoms. The Morgan fingerprint density at radius 3 is 2.48 bits per heavy atom. The van der Waals surface area contributed by atoms with Crippen LogP contribution in [0.1, 0.15) is 41.6 Å². The summed E-state index contributed by atoms with van der Waals surface area (Å²) in [5, 5.41) is 9.32. The van der Waals surface area contributed by atoms with Gasteiger partial charge in [0.05, 0.1) is 5.56 Å². The third kappa shape index (κ3) is 3.22. The first-order chi connectivity index (χ1) is 12.1. The highest BCUT2D eigenvalue weighted by Crippen LogP contribution is 2.44. The molecular formula is C21H25NO3. The standard InChI is InChI=1S/C21H25NO3/c23-20(19-13-15-5-6-17(19)12-15)22-9-7-14(8-10-22)11-16-3-1-2-4-18(16)21(24)25/h1-6,14-15,17,19H,7-13H2,(H,24,25). The molecule has 2 aliphatic carbocycles. The number of carboxylic acid groups (broad SMARTS) is 1. The van der Waals surface area contributed by atoms with Crippen LogP contribution in [0.4, 0.5) is 0 Å². The molecule has 4 rings (SSSR count). The van der Waals surface area contributed by atoms with Gasteiger partial charge < -0.3 is 10.0 Å². The van der Waals surface area contributed by atoms with Crippen LogP contribution in [0.25, 0.3) is 0 Å². The van der Waals surface area contributed by atoms with Gasteiger partial charge in [0.2, 0.25) is 5.91 Å². The van der Waals surface area contributed by atoms with Crippen LogP contribution >= 0.6 is 0 Å². The van der Waals surface area contributed by atoms with Crippen molar-refractivity contribution < 1.29 is 14.7 Å². The number of amides is 1. The van der Waals surface area contributed by atoms with Crippen molar-refractivity contribution in [2.45, 2.75) is 32.1 Å². The van der Waals surface area contributed by atoms with E-state index in [0.29, 0.717) is 29.2 Å². The Labute approximate surface area is 148 Å². The number of hydrogen-bond donors (Lipinski definition) is 1. The van der Waals surface area contributed by atoms with Gasteiger partial charge in [0, 0.05) is 19.0 Å². The molecule has 1 heterocycles. The average molecular weight is 339 g/mol. The monoisotopic (exact) mass is 339 g/mol. The van der Waals surface area contributed by atoms with Gasteiger partial charge in [0.25, 0.3) is 0 Å². The van der Waals surface area contributed by atoms with Gasteiger partial charge in [-0.25, -0.2) is 4.79 Å². The number of carboxylic acids is 1. The van der Waals surface area contributed by atoms with Gasteiger partial charge >= 0.3 is 5.97 Å². The molecule has 2 fully saturated rings. The Morgan fingerprint density at radius 2 is 1.84 bits per heavy atom. The van der Waals surface area contributed by atoms with Crippen LogP contribution in [0.3, 0.4) is 0 Å². The minimum atomic E-state index is -0.854. The third-order valence-corrected chi connectivity index (χ3v) is 6.28. The first kappa shape index (κ1) is 16.4. The number of benzene rings is 1. The van der Waals surface area contributed by atoms with Crippen LogP contribution < -0.4 is 0 Å². The Hall–Kier alpha value is -2.10. The van der Waals surface area contributed by atoms with Crippen molar-refractivity contribution in [2.24, 2.45) is 23.7 Å². The minimum absolute atomic E-state index is 0.208. The molecule has 4 nitrogen and oxygen atoms in total. The number of likely N-dealkylation sites (tertiary alicyclic amines) is 1. The number of nitrogens with zero attached hydrogens (tertiary/aromatic N) is 1. The smallest absolute Gasteiger partial charge is 0.335 e. The summed E-state index contributed by atoms with van der Waals surface area (Å²) in [7, 11) is 0. The maximum absolute atomic E-state index is 12.8. The van der Waals surface area contributed by atoms with Crippen LogP contribution in [-0.4, -0.2) is 35.0 Å². The Balaban J connectivity index is 1.34. The number of rotatable bonds is 4. The highest BCUT2D eigenvalue weighted by Gasteiger charge is 2.41. The third-order valence-electron chi connectivity index (χ3n) is 6.28. The van der Waals surface area contributed by atoms with E-state index in [9.17, 15) is 14.7 Å². The second kappa shape index (κ2) is 6.66. The maximum Gasteiger partial charge on any atom is 0.335 e. The van der Waals surface area contributed by atoms with Gasteiger partial charge in [-0.15, -0.1) is 0 Å². The van der Waals surface area contributed by atoms with Crippen LogP contribution in [0.2, 0.25) is 0 Å². The molecule has 1 aliphatic heterocycles. The Bertz CT molecular complexity index is 703. The lowest BCUT2D eigenvalue weighted by molar-refractivity contribution is -0.137. The topological polar surface area (TPSA) is 57.6 Å². The summed E-state index contributed by atoms with van der Waals surface area (Å²) in [6.07, 6.45) is 9.45. The fourth-order valence-electron chi connectivity index (χ4n) is 4.87. The number of piperidine rings is 1. The zero-order valence-electron chi connectivity index (χ0n) is 14.4. The zero-order chi connectivity index (χ0) is 17.4. The van der Waals surface area contributed by atoms with Crippen molar-refractivity contribution in [1.82, 2.24) is 4.90 Å². The number of allylic oxidation sites excluding steroid dienone is 2. The maximum atomic E-state index is 12.8. The van der Waals surface area contributed by atoms with Crippen molar-refractivity contribution >= 4 is 11.9 Å². The molecule has 25 heavy (non-hydrogen) atoms. The van der Waals surface area contributed by atoms with E-state index in [1.54, 1.807) is 12.1 Å².